The number of ether oxygens (including phenoxy) is 1. The molecule has 1 amide bonds. The van der Waals surface area contributed by atoms with Gasteiger partial charge in [-0.25, -0.2) is 4.98 Å². The molecule has 26 heavy (non-hydrogen) atoms. The molecule has 0 unspecified atom stereocenters. The Morgan fingerprint density at radius 2 is 1.88 bits per heavy atom. The molecule has 5 heteroatoms. The summed E-state index contributed by atoms with van der Waals surface area (Å²) < 4.78 is 7.75. The number of benzene rings is 2. The molecular weight excluding hydrogens is 326 g/mol. The number of rotatable bonds is 7. The number of carbonyl (C=O) groups excluding carboxylic acids is 1. The van der Waals surface area contributed by atoms with Gasteiger partial charge in [0.15, 0.2) is 6.10 Å². The van der Waals surface area contributed by atoms with Gasteiger partial charge in [-0.3, -0.25) is 4.79 Å². The monoisotopic (exact) mass is 349 g/mol. The summed E-state index contributed by atoms with van der Waals surface area (Å²) in [4.78, 5) is 16.6. The molecule has 3 aromatic rings. The molecule has 2 atom stereocenters. The number of hydrogen-bond donors (Lipinski definition) is 1. The number of amides is 1. The lowest BCUT2D eigenvalue weighted by Gasteiger charge is -2.21. The van der Waals surface area contributed by atoms with Gasteiger partial charge in [-0.2, -0.15) is 0 Å². The normalized spacial score (nSPS) is 13.0. The molecule has 1 N–H and O–H groups in total. The lowest BCUT2D eigenvalue weighted by Crippen LogP contribution is -2.39. The molecule has 0 radical (unpaired) electrons. The number of aromatic nitrogens is 2. The van der Waals surface area contributed by atoms with Crippen LogP contribution in [-0.4, -0.2) is 21.6 Å². The van der Waals surface area contributed by atoms with E-state index < -0.39 is 6.10 Å². The molecule has 3 rings (SSSR count). The van der Waals surface area contributed by atoms with Crippen molar-refractivity contribution in [1.82, 2.24) is 14.9 Å². The molecule has 2 aromatic carbocycles. The lowest BCUT2D eigenvalue weighted by molar-refractivity contribution is -0.128. The van der Waals surface area contributed by atoms with E-state index in [4.69, 9.17) is 4.74 Å². The highest BCUT2D eigenvalue weighted by Crippen LogP contribution is 2.17. The van der Waals surface area contributed by atoms with Crippen LogP contribution < -0.4 is 10.1 Å². The minimum atomic E-state index is -0.509. The van der Waals surface area contributed by atoms with Crippen LogP contribution in [0.5, 0.6) is 5.75 Å². The first-order valence-corrected chi connectivity index (χ1v) is 8.77. The molecule has 0 fully saturated rings. The molecule has 0 saturated carbocycles. The Balaban J connectivity index is 1.62. The van der Waals surface area contributed by atoms with Crippen molar-refractivity contribution in [3.8, 4) is 11.4 Å². The van der Waals surface area contributed by atoms with Crippen LogP contribution in [0.4, 0.5) is 0 Å². The highest BCUT2D eigenvalue weighted by molar-refractivity contribution is 5.81. The maximum atomic E-state index is 12.6. The number of para-hydroxylation sites is 1. The zero-order valence-corrected chi connectivity index (χ0v) is 15.0. The van der Waals surface area contributed by atoms with Crippen molar-refractivity contribution < 1.29 is 9.53 Å². The highest BCUT2D eigenvalue weighted by Gasteiger charge is 2.20. The van der Waals surface area contributed by atoms with E-state index in [9.17, 15) is 4.79 Å². The molecule has 0 aliphatic rings. The Bertz CT molecular complexity index is 814. The quantitative estimate of drug-likeness (QED) is 0.704. The van der Waals surface area contributed by atoms with Crippen molar-refractivity contribution in [3.63, 3.8) is 0 Å². The number of carbonyl (C=O) groups is 1. The Kier molecular flexibility index (Phi) is 5.69. The minimum Gasteiger partial charge on any atom is -0.481 e. The van der Waals surface area contributed by atoms with Crippen molar-refractivity contribution in [3.05, 3.63) is 78.9 Å². The van der Waals surface area contributed by atoms with Gasteiger partial charge in [0, 0.05) is 18.1 Å². The smallest absolute Gasteiger partial charge is 0.261 e. The van der Waals surface area contributed by atoms with E-state index in [0.29, 0.717) is 12.2 Å². The average Bonchev–Trinajstić information content (AvgIpc) is 3.21. The fraction of sp³-hybridized carbons (Fsp3) is 0.238. The number of hydrogen-bond acceptors (Lipinski definition) is 3. The Morgan fingerprint density at radius 1 is 1.15 bits per heavy atom. The number of nitrogens with zero attached hydrogens (tertiary/aromatic N) is 2. The lowest BCUT2D eigenvalue weighted by atomic mass is 10.1. The van der Waals surface area contributed by atoms with Gasteiger partial charge in [-0.1, -0.05) is 37.3 Å². The molecule has 0 aliphatic carbocycles. The molecular formula is C21H23N3O2. The summed E-state index contributed by atoms with van der Waals surface area (Å²) >= 11 is 0. The molecule has 0 spiro atoms. The van der Waals surface area contributed by atoms with Gasteiger partial charge in [0.05, 0.1) is 12.4 Å². The van der Waals surface area contributed by atoms with E-state index in [0.717, 1.165) is 11.3 Å². The standard InChI is InChI=1S/C21H23N3O2/c1-3-20(26-19-7-5-4-6-8-19)21(25)23-16(2)17-9-11-18(12-10-17)24-14-13-22-15-24/h4-16,20H,3H2,1-2H3,(H,23,25)/t16-,20+/m1/s1. The SMILES string of the molecule is CC[C@H](Oc1ccccc1)C(=O)N[C@H](C)c1ccc(-n2ccnc2)cc1. The third-order valence-corrected chi connectivity index (χ3v) is 4.24. The topological polar surface area (TPSA) is 56.1 Å². The first kappa shape index (κ1) is 17.7. The highest BCUT2D eigenvalue weighted by atomic mass is 16.5. The predicted octanol–water partition coefficient (Wildman–Crippen LogP) is 3.91. The van der Waals surface area contributed by atoms with Crippen molar-refractivity contribution in [2.75, 3.05) is 0 Å². The third kappa shape index (κ3) is 4.30. The second kappa shape index (κ2) is 8.34. The number of imidazole rings is 1. The zero-order chi connectivity index (χ0) is 18.4. The average molecular weight is 349 g/mol. The summed E-state index contributed by atoms with van der Waals surface area (Å²) in [5.74, 6) is 0.592. The molecule has 1 aromatic heterocycles. The van der Waals surface area contributed by atoms with Gasteiger partial charge in [0.25, 0.3) is 5.91 Å². The van der Waals surface area contributed by atoms with Crippen LogP contribution in [0, 0.1) is 0 Å². The molecule has 0 saturated heterocycles. The van der Waals surface area contributed by atoms with Crippen molar-refractivity contribution in [2.45, 2.75) is 32.4 Å². The Labute approximate surface area is 153 Å². The summed E-state index contributed by atoms with van der Waals surface area (Å²) in [5.41, 5.74) is 2.07. The molecule has 1 heterocycles. The van der Waals surface area contributed by atoms with Crippen molar-refractivity contribution in [2.24, 2.45) is 0 Å². The maximum absolute atomic E-state index is 12.6. The van der Waals surface area contributed by atoms with E-state index >= 15 is 0 Å². The fourth-order valence-corrected chi connectivity index (χ4v) is 2.72. The zero-order valence-electron chi connectivity index (χ0n) is 15.0. The van der Waals surface area contributed by atoms with Crippen LogP contribution >= 0.6 is 0 Å². The Morgan fingerprint density at radius 3 is 2.50 bits per heavy atom. The van der Waals surface area contributed by atoms with Gasteiger partial charge in [-0.05, 0) is 43.2 Å². The van der Waals surface area contributed by atoms with Crippen LogP contribution in [0.15, 0.2) is 73.3 Å². The van der Waals surface area contributed by atoms with E-state index in [-0.39, 0.29) is 11.9 Å². The van der Waals surface area contributed by atoms with Gasteiger partial charge >= 0.3 is 0 Å². The van der Waals surface area contributed by atoms with Gasteiger partial charge < -0.3 is 14.6 Å². The Hall–Kier alpha value is -3.08. The largest absolute Gasteiger partial charge is 0.481 e. The first-order valence-electron chi connectivity index (χ1n) is 8.77. The van der Waals surface area contributed by atoms with Crippen LogP contribution in [0.25, 0.3) is 5.69 Å². The summed E-state index contributed by atoms with van der Waals surface area (Å²) in [6.45, 7) is 3.91. The van der Waals surface area contributed by atoms with E-state index in [1.807, 2.05) is 79.2 Å². The minimum absolute atomic E-state index is 0.104. The summed E-state index contributed by atoms with van der Waals surface area (Å²) in [7, 11) is 0. The summed E-state index contributed by atoms with van der Waals surface area (Å²) in [5, 5.41) is 3.04. The second-order valence-electron chi connectivity index (χ2n) is 6.12. The van der Waals surface area contributed by atoms with Crippen LogP contribution in [-0.2, 0) is 4.79 Å². The third-order valence-electron chi connectivity index (χ3n) is 4.24. The number of nitrogens with one attached hydrogen (secondary N) is 1. The molecule has 0 bridgehead atoms. The molecule has 5 nitrogen and oxygen atoms in total. The van der Waals surface area contributed by atoms with Gasteiger partial charge in [0.2, 0.25) is 0 Å². The van der Waals surface area contributed by atoms with Crippen LogP contribution in [0.1, 0.15) is 31.9 Å². The van der Waals surface area contributed by atoms with Gasteiger partial charge in [-0.15, -0.1) is 0 Å². The fourth-order valence-electron chi connectivity index (χ4n) is 2.72. The van der Waals surface area contributed by atoms with E-state index in [1.165, 1.54) is 0 Å². The molecule has 0 aliphatic heterocycles. The van der Waals surface area contributed by atoms with E-state index in [2.05, 4.69) is 10.3 Å². The van der Waals surface area contributed by atoms with Crippen LogP contribution in [0.2, 0.25) is 0 Å². The first-order chi connectivity index (χ1) is 12.7. The summed E-state index contributed by atoms with van der Waals surface area (Å²) in [6.07, 6.45) is 5.49. The van der Waals surface area contributed by atoms with Gasteiger partial charge in [0.1, 0.15) is 5.75 Å². The van der Waals surface area contributed by atoms with Crippen molar-refractivity contribution >= 4 is 5.91 Å². The molecule has 134 valence electrons. The second-order valence-corrected chi connectivity index (χ2v) is 6.12. The van der Waals surface area contributed by atoms with Crippen LogP contribution in [0.3, 0.4) is 0 Å². The maximum Gasteiger partial charge on any atom is 0.261 e. The van der Waals surface area contributed by atoms with E-state index in [1.54, 1.807) is 12.5 Å². The van der Waals surface area contributed by atoms with Crippen molar-refractivity contribution in [1.29, 1.82) is 0 Å². The predicted molar refractivity (Wildman–Crippen MR) is 101 cm³/mol. The summed E-state index contributed by atoms with van der Waals surface area (Å²) in [6, 6.07) is 17.4.